The summed E-state index contributed by atoms with van der Waals surface area (Å²) >= 11 is 0. The van der Waals surface area contributed by atoms with E-state index in [0.29, 0.717) is 5.70 Å². The third kappa shape index (κ3) is 2.28. The van der Waals surface area contributed by atoms with Crippen molar-refractivity contribution >= 4 is 11.7 Å². The van der Waals surface area contributed by atoms with Gasteiger partial charge in [-0.2, -0.15) is 0 Å². The molecular weight excluding hydrogens is 188 g/mol. The SMILES string of the molecule is CN1C/C(=C/C(=N)[N+](=O)[O-])NCC1=O. The lowest BCUT2D eigenvalue weighted by atomic mass is 10.3. The molecule has 0 unspecified atom stereocenters. The van der Waals surface area contributed by atoms with E-state index in [1.54, 1.807) is 7.05 Å². The Hall–Kier alpha value is -1.92. The van der Waals surface area contributed by atoms with Gasteiger partial charge < -0.3 is 20.3 Å². The lowest BCUT2D eigenvalue weighted by Crippen LogP contribution is -2.44. The Morgan fingerprint density at radius 3 is 2.93 bits per heavy atom. The second-order valence-electron chi connectivity index (χ2n) is 2.92. The maximum Gasteiger partial charge on any atom is 0.357 e. The molecule has 0 aromatic heterocycles. The molecule has 1 fully saturated rings. The Kier molecular flexibility index (Phi) is 2.80. The number of hydrogen-bond acceptors (Lipinski definition) is 5. The summed E-state index contributed by atoms with van der Waals surface area (Å²) in [5.74, 6) is -0.759. The maximum absolute atomic E-state index is 11.0. The van der Waals surface area contributed by atoms with E-state index in [9.17, 15) is 14.9 Å². The van der Waals surface area contributed by atoms with Crippen molar-refractivity contribution in [2.24, 2.45) is 0 Å². The van der Waals surface area contributed by atoms with Crippen molar-refractivity contribution in [3.63, 3.8) is 0 Å². The van der Waals surface area contributed by atoms with Crippen LogP contribution in [0.15, 0.2) is 11.8 Å². The van der Waals surface area contributed by atoms with Gasteiger partial charge in [-0.05, 0) is 4.92 Å². The van der Waals surface area contributed by atoms with E-state index < -0.39 is 10.8 Å². The molecule has 1 aliphatic heterocycles. The van der Waals surface area contributed by atoms with Gasteiger partial charge in [-0.25, -0.2) is 0 Å². The van der Waals surface area contributed by atoms with E-state index in [1.807, 2.05) is 0 Å². The first-order valence-corrected chi connectivity index (χ1v) is 3.92. The second kappa shape index (κ2) is 3.86. The zero-order valence-corrected chi connectivity index (χ0v) is 7.61. The van der Waals surface area contributed by atoms with Gasteiger partial charge in [0.15, 0.2) is 0 Å². The normalized spacial score (nSPS) is 19.4. The zero-order valence-electron chi connectivity index (χ0n) is 7.61. The lowest BCUT2D eigenvalue weighted by Gasteiger charge is -2.25. The number of likely N-dealkylation sites (N-methyl/N-ethyl adjacent to an activating group) is 1. The van der Waals surface area contributed by atoms with Crippen LogP contribution in [0.3, 0.4) is 0 Å². The summed E-state index contributed by atoms with van der Waals surface area (Å²) in [6.45, 7) is 0.391. The van der Waals surface area contributed by atoms with Gasteiger partial charge in [0.1, 0.15) is 0 Å². The number of piperazine rings is 1. The Morgan fingerprint density at radius 1 is 1.79 bits per heavy atom. The molecule has 7 heteroatoms. The average molecular weight is 198 g/mol. The highest BCUT2D eigenvalue weighted by Crippen LogP contribution is 2.00. The number of rotatable bonds is 1. The number of amidine groups is 1. The largest absolute Gasteiger partial charge is 0.378 e. The monoisotopic (exact) mass is 198 g/mol. The summed E-state index contributed by atoms with van der Waals surface area (Å²) in [7, 11) is 1.60. The van der Waals surface area contributed by atoms with Crippen LogP contribution >= 0.6 is 0 Å². The van der Waals surface area contributed by atoms with Gasteiger partial charge >= 0.3 is 5.84 Å². The first kappa shape index (κ1) is 10.2. The third-order valence-electron chi connectivity index (χ3n) is 1.81. The van der Waals surface area contributed by atoms with Gasteiger partial charge in [-0.15, -0.1) is 0 Å². The number of nitrogens with zero attached hydrogens (tertiary/aromatic N) is 2. The molecule has 7 nitrogen and oxygen atoms in total. The first-order valence-electron chi connectivity index (χ1n) is 3.92. The summed E-state index contributed by atoms with van der Waals surface area (Å²) in [5, 5.41) is 19.8. The molecule has 0 radical (unpaired) electrons. The molecule has 1 amide bonds. The van der Waals surface area contributed by atoms with Crippen LogP contribution in [-0.4, -0.2) is 41.7 Å². The van der Waals surface area contributed by atoms with E-state index in [2.05, 4.69) is 5.32 Å². The Balaban J connectivity index is 2.67. The fourth-order valence-electron chi connectivity index (χ4n) is 1.04. The molecule has 1 aliphatic rings. The number of carbonyl (C=O) groups excluding carboxylic acids is 1. The van der Waals surface area contributed by atoms with Crippen molar-refractivity contribution in [2.75, 3.05) is 20.1 Å². The van der Waals surface area contributed by atoms with Crippen molar-refractivity contribution in [1.82, 2.24) is 10.2 Å². The highest BCUT2D eigenvalue weighted by atomic mass is 16.6. The standard InChI is InChI=1S/C7H10N4O3/c1-10-4-5(9-3-7(10)12)2-6(8)11(13)14/h2,8-9H,3-4H2,1H3/b5-2-,8-6?. The van der Waals surface area contributed by atoms with E-state index >= 15 is 0 Å². The van der Waals surface area contributed by atoms with Crippen LogP contribution in [0.2, 0.25) is 0 Å². The molecule has 2 N–H and O–H groups in total. The summed E-state index contributed by atoms with van der Waals surface area (Å²) in [6, 6.07) is 0. The van der Waals surface area contributed by atoms with Gasteiger partial charge in [-0.3, -0.25) is 4.79 Å². The minimum absolute atomic E-state index is 0.0743. The van der Waals surface area contributed by atoms with Crippen molar-refractivity contribution < 1.29 is 9.72 Å². The van der Waals surface area contributed by atoms with Gasteiger partial charge in [0, 0.05) is 12.7 Å². The third-order valence-corrected chi connectivity index (χ3v) is 1.81. The molecule has 1 rings (SSSR count). The van der Waals surface area contributed by atoms with E-state index in [1.165, 1.54) is 4.90 Å². The molecule has 0 atom stereocenters. The van der Waals surface area contributed by atoms with Crippen molar-refractivity contribution in [3.05, 3.63) is 21.9 Å². The fraction of sp³-hybridized carbons (Fsp3) is 0.429. The minimum atomic E-state index is -0.787. The molecule has 0 saturated carbocycles. The molecule has 14 heavy (non-hydrogen) atoms. The molecule has 0 bridgehead atoms. The number of hydrogen-bond donors (Lipinski definition) is 2. The predicted octanol–water partition coefficient (Wildman–Crippen LogP) is -0.814. The molecule has 0 spiro atoms. The fourth-order valence-corrected chi connectivity index (χ4v) is 1.04. The molecule has 0 aliphatic carbocycles. The number of carbonyl (C=O) groups is 1. The average Bonchev–Trinajstić information content (AvgIpc) is 2.11. The molecule has 0 aromatic rings. The minimum Gasteiger partial charge on any atom is -0.378 e. The number of nitrogens with one attached hydrogen (secondary N) is 2. The summed E-state index contributed by atoms with van der Waals surface area (Å²) < 4.78 is 0. The highest BCUT2D eigenvalue weighted by Gasteiger charge is 2.18. The first-order chi connectivity index (χ1) is 6.50. The van der Waals surface area contributed by atoms with Gasteiger partial charge in [0.2, 0.25) is 5.91 Å². The number of nitro groups is 1. The Labute approximate surface area is 80.0 Å². The van der Waals surface area contributed by atoms with Crippen LogP contribution < -0.4 is 5.32 Å². The van der Waals surface area contributed by atoms with Crippen LogP contribution in [0.1, 0.15) is 0 Å². The topological polar surface area (TPSA) is 99.3 Å². The summed E-state index contributed by atoms with van der Waals surface area (Å²) in [4.78, 5) is 21.8. The molecule has 1 saturated heterocycles. The van der Waals surface area contributed by atoms with Gasteiger partial charge in [-0.1, -0.05) is 5.41 Å². The zero-order chi connectivity index (χ0) is 10.7. The summed E-state index contributed by atoms with van der Waals surface area (Å²) in [5.41, 5.74) is 0.508. The van der Waals surface area contributed by atoms with Crippen LogP contribution in [0, 0.1) is 15.5 Å². The quantitative estimate of drug-likeness (QED) is 0.249. The van der Waals surface area contributed by atoms with Crippen LogP contribution in [0.5, 0.6) is 0 Å². The Morgan fingerprint density at radius 2 is 2.43 bits per heavy atom. The van der Waals surface area contributed by atoms with Crippen molar-refractivity contribution in [1.29, 1.82) is 5.41 Å². The van der Waals surface area contributed by atoms with E-state index in [0.717, 1.165) is 6.08 Å². The van der Waals surface area contributed by atoms with E-state index in [-0.39, 0.29) is 19.0 Å². The van der Waals surface area contributed by atoms with E-state index in [4.69, 9.17) is 5.41 Å². The molecule has 76 valence electrons. The highest BCUT2D eigenvalue weighted by molar-refractivity contribution is 5.85. The van der Waals surface area contributed by atoms with Crippen molar-refractivity contribution in [2.45, 2.75) is 0 Å². The molecular formula is C7H10N4O3. The van der Waals surface area contributed by atoms with Gasteiger partial charge in [0.25, 0.3) is 0 Å². The molecule has 0 aromatic carbocycles. The second-order valence-corrected chi connectivity index (χ2v) is 2.92. The summed E-state index contributed by atoms with van der Waals surface area (Å²) in [6.07, 6.45) is 1.11. The Bertz CT molecular complexity index is 323. The van der Waals surface area contributed by atoms with Crippen LogP contribution in [0.25, 0.3) is 0 Å². The number of amides is 1. The van der Waals surface area contributed by atoms with Crippen LogP contribution in [0.4, 0.5) is 0 Å². The molecule has 1 heterocycles. The van der Waals surface area contributed by atoms with Crippen LogP contribution in [-0.2, 0) is 4.79 Å². The smallest absolute Gasteiger partial charge is 0.357 e. The predicted molar refractivity (Wildman–Crippen MR) is 48.4 cm³/mol. The lowest BCUT2D eigenvalue weighted by molar-refractivity contribution is -0.349. The van der Waals surface area contributed by atoms with Crippen molar-refractivity contribution in [3.8, 4) is 0 Å². The van der Waals surface area contributed by atoms with Gasteiger partial charge in [0.05, 0.1) is 19.2 Å². The maximum atomic E-state index is 11.0.